The normalized spacial score (nSPS) is 17.5. The van der Waals surface area contributed by atoms with Crippen molar-refractivity contribution in [2.75, 3.05) is 6.61 Å². The largest absolute Gasteiger partial charge is 0.484 e. The second kappa shape index (κ2) is 10.8. The number of aromatic nitrogens is 4. The van der Waals surface area contributed by atoms with Crippen LogP contribution in [0.1, 0.15) is 53.8 Å². The SMILES string of the molecule is CC1CCCC(C)N1C(=O)COc1ccc(C(=O)NNC(=O)c2ccc(-n3cnnn3)cc2)cc1. The second-order valence-corrected chi connectivity index (χ2v) is 8.45. The van der Waals surface area contributed by atoms with E-state index in [0.717, 1.165) is 19.3 Å². The van der Waals surface area contributed by atoms with Gasteiger partial charge in [0.2, 0.25) is 0 Å². The van der Waals surface area contributed by atoms with E-state index in [1.165, 1.54) is 11.0 Å². The molecule has 1 saturated heterocycles. The van der Waals surface area contributed by atoms with Crippen LogP contribution >= 0.6 is 0 Å². The van der Waals surface area contributed by atoms with E-state index in [-0.39, 0.29) is 24.6 Å². The number of amides is 3. The summed E-state index contributed by atoms with van der Waals surface area (Å²) in [6.45, 7) is 4.07. The van der Waals surface area contributed by atoms with Crippen molar-refractivity contribution in [3.8, 4) is 11.4 Å². The van der Waals surface area contributed by atoms with Gasteiger partial charge in [-0.1, -0.05) is 0 Å². The number of hydrogen-bond acceptors (Lipinski definition) is 7. The maximum Gasteiger partial charge on any atom is 0.269 e. The topological polar surface area (TPSA) is 131 Å². The monoisotopic (exact) mass is 477 g/mol. The van der Waals surface area contributed by atoms with Crippen molar-refractivity contribution < 1.29 is 19.1 Å². The van der Waals surface area contributed by atoms with E-state index in [1.807, 2.05) is 4.90 Å². The Morgan fingerprint density at radius 3 is 2.03 bits per heavy atom. The van der Waals surface area contributed by atoms with Crippen LogP contribution in [0.25, 0.3) is 5.69 Å². The van der Waals surface area contributed by atoms with Gasteiger partial charge in [-0.15, -0.1) is 5.10 Å². The van der Waals surface area contributed by atoms with Crippen molar-refractivity contribution in [1.29, 1.82) is 0 Å². The number of nitrogens with one attached hydrogen (secondary N) is 2. The van der Waals surface area contributed by atoms with Gasteiger partial charge in [-0.25, -0.2) is 4.68 Å². The van der Waals surface area contributed by atoms with Crippen molar-refractivity contribution in [1.82, 2.24) is 36.0 Å². The molecule has 0 radical (unpaired) electrons. The molecule has 0 aliphatic carbocycles. The maximum atomic E-state index is 12.6. The minimum Gasteiger partial charge on any atom is -0.484 e. The molecule has 1 fully saturated rings. The Morgan fingerprint density at radius 2 is 1.49 bits per heavy atom. The predicted octanol–water partition coefficient (Wildman–Crippen LogP) is 1.91. The molecule has 0 bridgehead atoms. The van der Waals surface area contributed by atoms with Gasteiger partial charge in [-0.2, -0.15) is 0 Å². The lowest BCUT2D eigenvalue weighted by Gasteiger charge is -2.38. The molecule has 3 aromatic rings. The van der Waals surface area contributed by atoms with Crippen LogP contribution in [0, 0.1) is 0 Å². The number of carbonyl (C=O) groups is 3. The first-order valence-electron chi connectivity index (χ1n) is 11.4. The molecule has 1 aliphatic heterocycles. The molecule has 11 nitrogen and oxygen atoms in total. The molecule has 2 aromatic carbocycles. The molecule has 2 unspecified atom stereocenters. The van der Waals surface area contributed by atoms with E-state index < -0.39 is 11.8 Å². The molecular formula is C24H27N7O4. The van der Waals surface area contributed by atoms with Crippen LogP contribution < -0.4 is 15.6 Å². The number of tetrazole rings is 1. The number of hydrazine groups is 1. The Kier molecular flexibility index (Phi) is 7.34. The predicted molar refractivity (Wildman–Crippen MR) is 126 cm³/mol. The quantitative estimate of drug-likeness (QED) is 0.519. The number of carbonyl (C=O) groups excluding carboxylic acids is 3. The van der Waals surface area contributed by atoms with Crippen LogP contribution in [0.4, 0.5) is 0 Å². The Balaban J connectivity index is 1.25. The molecule has 1 aliphatic rings. The smallest absolute Gasteiger partial charge is 0.269 e. The molecule has 2 atom stereocenters. The van der Waals surface area contributed by atoms with Gasteiger partial charge in [0.15, 0.2) is 6.61 Å². The maximum absolute atomic E-state index is 12.6. The highest BCUT2D eigenvalue weighted by molar-refractivity contribution is 5.99. The molecule has 0 spiro atoms. The molecule has 2 heterocycles. The first kappa shape index (κ1) is 23.9. The molecule has 35 heavy (non-hydrogen) atoms. The summed E-state index contributed by atoms with van der Waals surface area (Å²) in [7, 11) is 0. The molecule has 0 saturated carbocycles. The number of ether oxygens (including phenoxy) is 1. The standard InChI is InChI=1S/C24H27N7O4/c1-16-4-3-5-17(2)31(16)22(32)14-35-21-12-8-19(9-13-21)24(34)27-26-23(33)18-6-10-20(11-7-18)30-15-25-28-29-30/h6-13,15-17H,3-5,14H2,1-2H3,(H,26,33)(H,27,34). The van der Waals surface area contributed by atoms with Crippen molar-refractivity contribution >= 4 is 17.7 Å². The van der Waals surface area contributed by atoms with Crippen LogP contribution in [0.15, 0.2) is 54.9 Å². The zero-order valence-corrected chi connectivity index (χ0v) is 19.5. The fraction of sp³-hybridized carbons (Fsp3) is 0.333. The van der Waals surface area contributed by atoms with Gasteiger partial charge < -0.3 is 9.64 Å². The van der Waals surface area contributed by atoms with Gasteiger partial charge in [0, 0.05) is 23.2 Å². The third-order valence-corrected chi connectivity index (χ3v) is 5.99. The zero-order chi connectivity index (χ0) is 24.8. The lowest BCUT2D eigenvalue weighted by Crippen LogP contribution is -2.49. The van der Waals surface area contributed by atoms with Crippen molar-refractivity contribution in [3.63, 3.8) is 0 Å². The van der Waals surface area contributed by atoms with E-state index in [4.69, 9.17) is 4.74 Å². The van der Waals surface area contributed by atoms with Crippen molar-refractivity contribution in [2.24, 2.45) is 0 Å². The number of piperidine rings is 1. The van der Waals surface area contributed by atoms with Gasteiger partial charge in [-0.05, 0) is 92.1 Å². The minimum atomic E-state index is -0.484. The number of nitrogens with zero attached hydrogens (tertiary/aromatic N) is 5. The first-order valence-corrected chi connectivity index (χ1v) is 11.4. The lowest BCUT2D eigenvalue weighted by molar-refractivity contribution is -0.139. The van der Waals surface area contributed by atoms with E-state index in [0.29, 0.717) is 22.6 Å². The van der Waals surface area contributed by atoms with Crippen LogP contribution in [0.3, 0.4) is 0 Å². The average molecular weight is 478 g/mol. The molecule has 3 amide bonds. The molecule has 182 valence electrons. The summed E-state index contributed by atoms with van der Waals surface area (Å²) in [6.07, 6.45) is 4.58. The average Bonchev–Trinajstić information content (AvgIpc) is 3.41. The van der Waals surface area contributed by atoms with Gasteiger partial charge in [0.05, 0.1) is 5.69 Å². The Bertz CT molecular complexity index is 1150. The molecule has 1 aromatic heterocycles. The third-order valence-electron chi connectivity index (χ3n) is 5.99. The van der Waals surface area contributed by atoms with E-state index in [9.17, 15) is 14.4 Å². The number of rotatable bonds is 6. The highest BCUT2D eigenvalue weighted by Crippen LogP contribution is 2.23. The second-order valence-electron chi connectivity index (χ2n) is 8.45. The fourth-order valence-electron chi connectivity index (χ4n) is 4.14. The van der Waals surface area contributed by atoms with Gasteiger partial charge in [0.25, 0.3) is 17.7 Å². The summed E-state index contributed by atoms with van der Waals surface area (Å²) in [5.74, 6) is -0.511. The lowest BCUT2D eigenvalue weighted by atomic mass is 9.97. The summed E-state index contributed by atoms with van der Waals surface area (Å²) in [5, 5.41) is 10.9. The van der Waals surface area contributed by atoms with Crippen LogP contribution in [-0.4, -0.2) is 61.5 Å². The Labute approximate surface area is 202 Å². The third kappa shape index (κ3) is 5.81. The minimum absolute atomic E-state index is 0.0415. The highest BCUT2D eigenvalue weighted by atomic mass is 16.5. The molecular weight excluding hydrogens is 450 g/mol. The van der Waals surface area contributed by atoms with Crippen LogP contribution in [-0.2, 0) is 4.79 Å². The van der Waals surface area contributed by atoms with Crippen LogP contribution in [0.5, 0.6) is 5.75 Å². The van der Waals surface area contributed by atoms with E-state index in [2.05, 4.69) is 40.2 Å². The summed E-state index contributed by atoms with van der Waals surface area (Å²) < 4.78 is 7.10. The van der Waals surface area contributed by atoms with Gasteiger partial charge >= 0.3 is 0 Å². The van der Waals surface area contributed by atoms with E-state index in [1.54, 1.807) is 48.5 Å². The van der Waals surface area contributed by atoms with Crippen molar-refractivity contribution in [3.05, 3.63) is 66.0 Å². The summed E-state index contributed by atoms with van der Waals surface area (Å²) in [6, 6.07) is 13.3. The molecule has 2 N–H and O–H groups in total. The van der Waals surface area contributed by atoms with Gasteiger partial charge in [0.1, 0.15) is 12.1 Å². The van der Waals surface area contributed by atoms with E-state index >= 15 is 0 Å². The summed E-state index contributed by atoms with van der Waals surface area (Å²) in [4.78, 5) is 39.2. The highest BCUT2D eigenvalue weighted by Gasteiger charge is 2.29. The summed E-state index contributed by atoms with van der Waals surface area (Å²) >= 11 is 0. The number of likely N-dealkylation sites (tertiary alicyclic amines) is 1. The zero-order valence-electron chi connectivity index (χ0n) is 19.5. The Hall–Kier alpha value is -4.28. The fourth-order valence-corrected chi connectivity index (χ4v) is 4.14. The number of hydrogen-bond donors (Lipinski definition) is 2. The Morgan fingerprint density at radius 1 is 0.914 bits per heavy atom. The van der Waals surface area contributed by atoms with Crippen molar-refractivity contribution in [2.45, 2.75) is 45.2 Å². The van der Waals surface area contributed by atoms with Gasteiger partial charge in [-0.3, -0.25) is 25.2 Å². The summed E-state index contributed by atoms with van der Waals surface area (Å²) in [5.41, 5.74) is 6.15. The first-order chi connectivity index (χ1) is 16.9. The molecule has 4 rings (SSSR count). The number of benzene rings is 2. The van der Waals surface area contributed by atoms with Crippen LogP contribution in [0.2, 0.25) is 0 Å². The molecule has 11 heteroatoms.